The number of aryl methyl sites for hydroxylation is 1. The first-order valence-corrected chi connectivity index (χ1v) is 13.0. The molecule has 0 bridgehead atoms. The van der Waals surface area contributed by atoms with E-state index in [1.807, 2.05) is 37.3 Å². The molecule has 192 valence electrons. The van der Waals surface area contributed by atoms with Crippen LogP contribution < -0.4 is 5.32 Å². The number of hydrogen-bond donors (Lipinski definition) is 1. The van der Waals surface area contributed by atoms with Crippen molar-refractivity contribution < 1.29 is 27.5 Å². The summed E-state index contributed by atoms with van der Waals surface area (Å²) in [6.45, 7) is 2.33. The molecule has 0 radical (unpaired) electrons. The van der Waals surface area contributed by atoms with E-state index < -0.39 is 11.3 Å². The Morgan fingerprint density at radius 3 is 2.58 bits per heavy atom. The molecular formula is C26H30N3O6S-. The smallest absolute Gasteiger partial charge is 0.305 e. The van der Waals surface area contributed by atoms with E-state index in [0.29, 0.717) is 41.0 Å². The molecule has 1 atom stereocenters. The quantitative estimate of drug-likeness (QED) is 0.234. The number of fused-ring (bicyclic) bond motifs is 1. The zero-order valence-corrected chi connectivity index (χ0v) is 21.5. The second kappa shape index (κ2) is 11.3. The lowest BCUT2D eigenvalue weighted by Crippen LogP contribution is -2.27. The number of unbranched alkanes of at least 4 members (excludes halogenated alkanes) is 1. The van der Waals surface area contributed by atoms with Gasteiger partial charge < -0.3 is 19.0 Å². The number of amides is 1. The second-order valence-electron chi connectivity index (χ2n) is 9.02. The van der Waals surface area contributed by atoms with Crippen LogP contribution in [-0.4, -0.2) is 50.6 Å². The maximum absolute atomic E-state index is 12.9. The number of methoxy groups -OCH3 is 1. The van der Waals surface area contributed by atoms with Crippen molar-refractivity contribution in [1.82, 2.24) is 14.6 Å². The Kier molecular flexibility index (Phi) is 8.17. The number of ether oxygens (including phenoxy) is 1. The van der Waals surface area contributed by atoms with Crippen molar-refractivity contribution in [3.8, 4) is 11.3 Å². The SMILES string of the molecule is CNC(=O)c1c(-c2ccc(C)cc2)oc2nc(CN(CCCCC(=O)OC)S(=O)[O-])c(C3CC3)cc12. The summed E-state index contributed by atoms with van der Waals surface area (Å²) < 4.78 is 36.0. The molecule has 1 aliphatic carbocycles. The molecule has 2 heterocycles. The first-order chi connectivity index (χ1) is 17.3. The van der Waals surface area contributed by atoms with E-state index in [-0.39, 0.29) is 37.3 Å². The Balaban J connectivity index is 1.70. The van der Waals surface area contributed by atoms with Gasteiger partial charge in [-0.1, -0.05) is 29.8 Å². The van der Waals surface area contributed by atoms with Gasteiger partial charge in [0, 0.05) is 36.8 Å². The first kappa shape index (κ1) is 26.0. The zero-order chi connectivity index (χ0) is 25.8. The predicted octanol–water partition coefficient (Wildman–Crippen LogP) is 3.98. The van der Waals surface area contributed by atoms with Gasteiger partial charge in [0.1, 0.15) is 5.76 Å². The van der Waals surface area contributed by atoms with E-state index in [4.69, 9.17) is 9.40 Å². The Labute approximate surface area is 212 Å². The number of rotatable bonds is 11. The van der Waals surface area contributed by atoms with E-state index in [1.54, 1.807) is 7.05 Å². The number of furan rings is 1. The fourth-order valence-corrected chi connectivity index (χ4v) is 4.75. The molecule has 1 amide bonds. The molecule has 1 N–H and O–H groups in total. The molecule has 1 aromatic carbocycles. The van der Waals surface area contributed by atoms with Crippen molar-refractivity contribution in [3.63, 3.8) is 0 Å². The highest BCUT2D eigenvalue weighted by Gasteiger charge is 2.31. The summed E-state index contributed by atoms with van der Waals surface area (Å²) in [6.07, 6.45) is 3.25. The highest BCUT2D eigenvalue weighted by atomic mass is 32.2. The van der Waals surface area contributed by atoms with Crippen LogP contribution in [0.15, 0.2) is 34.7 Å². The van der Waals surface area contributed by atoms with Gasteiger partial charge in [-0.2, -0.15) is 0 Å². The largest absolute Gasteiger partial charge is 0.760 e. The van der Waals surface area contributed by atoms with Crippen molar-refractivity contribution >= 4 is 34.2 Å². The van der Waals surface area contributed by atoms with Crippen LogP contribution in [0.3, 0.4) is 0 Å². The zero-order valence-electron chi connectivity index (χ0n) is 20.7. The normalized spacial score (nSPS) is 14.2. The molecule has 1 saturated carbocycles. The third kappa shape index (κ3) is 5.83. The van der Waals surface area contributed by atoms with Gasteiger partial charge in [0.05, 0.1) is 30.3 Å². The summed E-state index contributed by atoms with van der Waals surface area (Å²) in [5.41, 5.74) is 4.13. The van der Waals surface area contributed by atoms with Gasteiger partial charge in [0.2, 0.25) is 5.71 Å². The summed E-state index contributed by atoms with van der Waals surface area (Å²) in [5, 5.41) is 3.31. The van der Waals surface area contributed by atoms with Crippen LogP contribution in [0.25, 0.3) is 22.4 Å². The average Bonchev–Trinajstić information content (AvgIpc) is 3.65. The number of nitrogens with one attached hydrogen (secondary N) is 1. The van der Waals surface area contributed by atoms with Gasteiger partial charge in [0.25, 0.3) is 5.91 Å². The van der Waals surface area contributed by atoms with E-state index >= 15 is 0 Å². The molecule has 2 aromatic heterocycles. The molecule has 3 aromatic rings. The van der Waals surface area contributed by atoms with Crippen LogP contribution in [0.4, 0.5) is 0 Å². The lowest BCUT2D eigenvalue weighted by atomic mass is 10.0. The maximum Gasteiger partial charge on any atom is 0.305 e. The summed E-state index contributed by atoms with van der Waals surface area (Å²) in [4.78, 5) is 29.0. The molecule has 36 heavy (non-hydrogen) atoms. The molecule has 10 heteroatoms. The number of carbonyl (C=O) groups excluding carboxylic acids is 2. The van der Waals surface area contributed by atoms with Crippen LogP contribution in [0.5, 0.6) is 0 Å². The van der Waals surface area contributed by atoms with Crippen molar-refractivity contribution in [2.45, 2.75) is 51.5 Å². The van der Waals surface area contributed by atoms with Gasteiger partial charge in [-0.3, -0.25) is 13.8 Å². The van der Waals surface area contributed by atoms with Crippen molar-refractivity contribution in [2.75, 3.05) is 20.7 Å². The van der Waals surface area contributed by atoms with Crippen LogP contribution >= 0.6 is 0 Å². The number of nitrogens with zero attached hydrogens (tertiary/aromatic N) is 2. The fourth-order valence-electron chi connectivity index (χ4n) is 4.24. The monoisotopic (exact) mass is 512 g/mol. The lowest BCUT2D eigenvalue weighted by molar-refractivity contribution is -0.140. The molecule has 0 saturated heterocycles. The minimum atomic E-state index is -2.46. The van der Waals surface area contributed by atoms with Crippen LogP contribution in [0.1, 0.15) is 65.2 Å². The third-order valence-electron chi connectivity index (χ3n) is 6.38. The summed E-state index contributed by atoms with van der Waals surface area (Å²) in [5.74, 6) is 0.117. The molecule has 1 unspecified atom stereocenters. The van der Waals surface area contributed by atoms with Crippen LogP contribution in [-0.2, 0) is 27.3 Å². The van der Waals surface area contributed by atoms with Crippen LogP contribution in [0.2, 0.25) is 0 Å². The minimum Gasteiger partial charge on any atom is -0.760 e. The third-order valence-corrected chi connectivity index (χ3v) is 7.12. The van der Waals surface area contributed by atoms with E-state index in [0.717, 1.165) is 29.5 Å². The Bertz CT molecular complexity index is 1280. The van der Waals surface area contributed by atoms with Gasteiger partial charge in [0.15, 0.2) is 0 Å². The van der Waals surface area contributed by atoms with Crippen molar-refractivity contribution in [1.29, 1.82) is 0 Å². The van der Waals surface area contributed by atoms with E-state index in [2.05, 4.69) is 10.1 Å². The topological polar surface area (TPSA) is 125 Å². The summed E-state index contributed by atoms with van der Waals surface area (Å²) in [6, 6.07) is 9.64. The van der Waals surface area contributed by atoms with Crippen molar-refractivity contribution in [3.05, 3.63) is 52.7 Å². The Morgan fingerprint density at radius 2 is 1.97 bits per heavy atom. The number of benzene rings is 1. The molecule has 0 aliphatic heterocycles. The number of hydrogen-bond acceptors (Lipinski definition) is 7. The molecular weight excluding hydrogens is 482 g/mol. The molecule has 1 aliphatic rings. The fraction of sp³-hybridized carbons (Fsp3) is 0.423. The highest BCUT2D eigenvalue weighted by Crippen LogP contribution is 2.44. The predicted molar refractivity (Wildman–Crippen MR) is 135 cm³/mol. The standard InChI is InChI=1S/C26H31N3O6S/c1-16-7-9-18(10-8-16)24-23(25(31)27-2)20-14-19(17-11-12-17)21(28-26(20)35-24)15-29(36(32)33)13-5-4-6-22(30)34-3/h7-10,14,17H,4-6,11-13,15H2,1-3H3,(H,27,31)(H,32,33)/p-1. The van der Waals surface area contributed by atoms with E-state index in [9.17, 15) is 18.4 Å². The summed E-state index contributed by atoms with van der Waals surface area (Å²) >= 11 is -2.46. The van der Waals surface area contributed by atoms with Gasteiger partial charge in [-0.25, -0.2) is 9.29 Å². The molecule has 4 rings (SSSR count). The Morgan fingerprint density at radius 1 is 1.25 bits per heavy atom. The van der Waals surface area contributed by atoms with Gasteiger partial charge in [-0.05, 0) is 50.2 Å². The average molecular weight is 513 g/mol. The van der Waals surface area contributed by atoms with Gasteiger partial charge in [-0.15, -0.1) is 0 Å². The molecule has 0 spiro atoms. The van der Waals surface area contributed by atoms with Gasteiger partial charge >= 0.3 is 5.97 Å². The molecule has 1 fully saturated rings. The highest BCUT2D eigenvalue weighted by molar-refractivity contribution is 7.76. The first-order valence-electron chi connectivity index (χ1n) is 12.0. The summed E-state index contributed by atoms with van der Waals surface area (Å²) in [7, 11) is 2.91. The lowest BCUT2D eigenvalue weighted by Gasteiger charge is -2.24. The van der Waals surface area contributed by atoms with Crippen LogP contribution in [0, 0.1) is 6.92 Å². The molecule has 9 nitrogen and oxygen atoms in total. The number of pyridine rings is 1. The maximum atomic E-state index is 12.9. The Hall–Kier alpha value is -3.08. The number of aromatic nitrogens is 1. The van der Waals surface area contributed by atoms with Crippen molar-refractivity contribution in [2.24, 2.45) is 0 Å². The van der Waals surface area contributed by atoms with E-state index in [1.165, 1.54) is 11.4 Å². The minimum absolute atomic E-state index is 0.0893. The number of carbonyl (C=O) groups is 2. The second-order valence-corrected chi connectivity index (χ2v) is 9.97. The number of esters is 1.